The first kappa shape index (κ1) is 13.0. The fraction of sp³-hybridized carbons (Fsp3) is 0.571. The van der Waals surface area contributed by atoms with E-state index in [0.29, 0.717) is 0 Å². The van der Waals surface area contributed by atoms with E-state index < -0.39 is 0 Å². The summed E-state index contributed by atoms with van der Waals surface area (Å²) in [4.78, 5) is 2.38. The van der Waals surface area contributed by atoms with Crippen LogP contribution >= 0.6 is 15.9 Å². The van der Waals surface area contributed by atoms with Gasteiger partial charge in [-0.25, -0.2) is 4.39 Å². The van der Waals surface area contributed by atoms with E-state index in [1.165, 1.54) is 12.8 Å². The SMILES string of the molecule is CCCN(Cc1ccc(Br)cc1F)CC1CC1. The van der Waals surface area contributed by atoms with Gasteiger partial charge in [0.25, 0.3) is 0 Å². The third-order valence-corrected chi connectivity index (χ3v) is 3.66. The van der Waals surface area contributed by atoms with Gasteiger partial charge in [0.15, 0.2) is 0 Å². The quantitative estimate of drug-likeness (QED) is 0.760. The molecule has 0 heterocycles. The lowest BCUT2D eigenvalue weighted by Crippen LogP contribution is -2.26. The molecule has 0 aliphatic heterocycles. The van der Waals surface area contributed by atoms with Gasteiger partial charge in [0.1, 0.15) is 5.82 Å². The summed E-state index contributed by atoms with van der Waals surface area (Å²) in [6.07, 6.45) is 3.83. The summed E-state index contributed by atoms with van der Waals surface area (Å²) in [6, 6.07) is 5.35. The molecule has 1 saturated carbocycles. The molecule has 1 fully saturated rings. The molecule has 0 amide bonds. The third kappa shape index (κ3) is 4.07. The third-order valence-electron chi connectivity index (χ3n) is 3.16. The largest absolute Gasteiger partial charge is 0.299 e. The first-order valence-electron chi connectivity index (χ1n) is 6.35. The van der Waals surface area contributed by atoms with Crippen molar-refractivity contribution < 1.29 is 4.39 Å². The summed E-state index contributed by atoms with van der Waals surface area (Å²) < 4.78 is 14.6. The minimum Gasteiger partial charge on any atom is -0.299 e. The van der Waals surface area contributed by atoms with Gasteiger partial charge in [0, 0.05) is 23.1 Å². The standard InChI is InChI=1S/C14H19BrFN/c1-2-7-17(9-11-3-4-11)10-12-5-6-13(15)8-14(12)16/h5-6,8,11H,2-4,7,9-10H2,1H3. The van der Waals surface area contributed by atoms with Crippen molar-refractivity contribution in [3.8, 4) is 0 Å². The Morgan fingerprint density at radius 1 is 1.41 bits per heavy atom. The molecule has 17 heavy (non-hydrogen) atoms. The maximum absolute atomic E-state index is 13.7. The predicted molar refractivity (Wildman–Crippen MR) is 72.4 cm³/mol. The predicted octanol–water partition coefficient (Wildman–Crippen LogP) is 4.21. The summed E-state index contributed by atoms with van der Waals surface area (Å²) >= 11 is 3.29. The fourth-order valence-corrected chi connectivity index (χ4v) is 2.44. The molecule has 1 nitrogen and oxygen atoms in total. The Hall–Kier alpha value is -0.410. The zero-order valence-corrected chi connectivity index (χ0v) is 11.8. The molecule has 1 aliphatic carbocycles. The Labute approximate surface area is 111 Å². The summed E-state index contributed by atoms with van der Waals surface area (Å²) in [6.45, 7) is 5.11. The van der Waals surface area contributed by atoms with E-state index in [9.17, 15) is 4.39 Å². The minimum atomic E-state index is -0.101. The van der Waals surface area contributed by atoms with Crippen molar-refractivity contribution in [2.45, 2.75) is 32.7 Å². The van der Waals surface area contributed by atoms with Crippen molar-refractivity contribution in [1.29, 1.82) is 0 Å². The smallest absolute Gasteiger partial charge is 0.128 e. The molecular formula is C14H19BrFN. The molecule has 1 aromatic carbocycles. The summed E-state index contributed by atoms with van der Waals surface area (Å²) in [5.41, 5.74) is 0.808. The first-order chi connectivity index (χ1) is 8.19. The topological polar surface area (TPSA) is 3.24 Å². The van der Waals surface area contributed by atoms with Crippen molar-refractivity contribution in [2.24, 2.45) is 5.92 Å². The lowest BCUT2D eigenvalue weighted by Gasteiger charge is -2.21. The van der Waals surface area contributed by atoms with Crippen LogP contribution in [0.4, 0.5) is 4.39 Å². The number of hydrogen-bond acceptors (Lipinski definition) is 1. The van der Waals surface area contributed by atoms with Crippen molar-refractivity contribution >= 4 is 15.9 Å². The summed E-state index contributed by atoms with van der Waals surface area (Å²) in [7, 11) is 0. The van der Waals surface area contributed by atoms with Crippen LogP contribution in [0.2, 0.25) is 0 Å². The highest BCUT2D eigenvalue weighted by Crippen LogP contribution is 2.30. The lowest BCUT2D eigenvalue weighted by molar-refractivity contribution is 0.251. The molecule has 1 aromatic rings. The van der Waals surface area contributed by atoms with E-state index in [0.717, 1.165) is 42.0 Å². The normalized spacial score (nSPS) is 15.5. The molecule has 1 aliphatic rings. The van der Waals surface area contributed by atoms with Crippen LogP contribution < -0.4 is 0 Å². The van der Waals surface area contributed by atoms with Crippen LogP contribution in [0.1, 0.15) is 31.7 Å². The van der Waals surface area contributed by atoms with Crippen LogP contribution in [0, 0.1) is 11.7 Å². The van der Waals surface area contributed by atoms with Crippen LogP contribution in [0.25, 0.3) is 0 Å². The molecule has 0 spiro atoms. The van der Waals surface area contributed by atoms with Gasteiger partial charge < -0.3 is 0 Å². The van der Waals surface area contributed by atoms with Gasteiger partial charge in [-0.1, -0.05) is 28.9 Å². The summed E-state index contributed by atoms with van der Waals surface area (Å²) in [5.74, 6) is 0.760. The van der Waals surface area contributed by atoms with Crippen LogP contribution in [0.3, 0.4) is 0 Å². The van der Waals surface area contributed by atoms with Gasteiger partial charge in [-0.15, -0.1) is 0 Å². The van der Waals surface area contributed by atoms with E-state index in [-0.39, 0.29) is 5.82 Å². The molecule has 94 valence electrons. The molecule has 0 N–H and O–H groups in total. The molecule has 0 aromatic heterocycles. The molecule has 0 bridgehead atoms. The van der Waals surface area contributed by atoms with Crippen LogP contribution in [-0.4, -0.2) is 18.0 Å². The molecule has 2 rings (SSSR count). The Morgan fingerprint density at radius 2 is 2.18 bits per heavy atom. The zero-order chi connectivity index (χ0) is 12.3. The van der Waals surface area contributed by atoms with Gasteiger partial charge >= 0.3 is 0 Å². The van der Waals surface area contributed by atoms with Crippen molar-refractivity contribution in [3.63, 3.8) is 0 Å². The van der Waals surface area contributed by atoms with Gasteiger partial charge in [-0.2, -0.15) is 0 Å². The van der Waals surface area contributed by atoms with Gasteiger partial charge in [-0.3, -0.25) is 4.90 Å². The second-order valence-electron chi connectivity index (χ2n) is 4.91. The Morgan fingerprint density at radius 3 is 2.76 bits per heavy atom. The molecule has 0 atom stereocenters. The van der Waals surface area contributed by atoms with E-state index >= 15 is 0 Å². The number of hydrogen-bond donors (Lipinski definition) is 0. The average Bonchev–Trinajstić information content (AvgIpc) is 3.06. The first-order valence-corrected chi connectivity index (χ1v) is 7.14. The highest BCUT2D eigenvalue weighted by molar-refractivity contribution is 9.10. The van der Waals surface area contributed by atoms with E-state index in [1.54, 1.807) is 6.07 Å². The van der Waals surface area contributed by atoms with Crippen molar-refractivity contribution in [2.75, 3.05) is 13.1 Å². The van der Waals surface area contributed by atoms with Crippen molar-refractivity contribution in [3.05, 3.63) is 34.1 Å². The number of benzene rings is 1. The van der Waals surface area contributed by atoms with Crippen LogP contribution in [-0.2, 0) is 6.54 Å². The van der Waals surface area contributed by atoms with Gasteiger partial charge in [0.05, 0.1) is 0 Å². The second-order valence-corrected chi connectivity index (χ2v) is 5.83. The van der Waals surface area contributed by atoms with E-state index in [2.05, 4.69) is 27.8 Å². The Balaban J connectivity index is 1.99. The van der Waals surface area contributed by atoms with Crippen molar-refractivity contribution in [1.82, 2.24) is 4.90 Å². The maximum atomic E-state index is 13.7. The fourth-order valence-electron chi connectivity index (χ4n) is 2.11. The second kappa shape index (κ2) is 5.96. The molecule has 0 radical (unpaired) electrons. The monoisotopic (exact) mass is 299 g/mol. The highest BCUT2D eigenvalue weighted by atomic mass is 79.9. The van der Waals surface area contributed by atoms with Crippen LogP contribution in [0.15, 0.2) is 22.7 Å². The van der Waals surface area contributed by atoms with E-state index in [4.69, 9.17) is 0 Å². The van der Waals surface area contributed by atoms with Crippen LogP contribution in [0.5, 0.6) is 0 Å². The number of rotatable bonds is 6. The molecule has 0 unspecified atom stereocenters. The van der Waals surface area contributed by atoms with E-state index in [1.807, 2.05) is 12.1 Å². The lowest BCUT2D eigenvalue weighted by atomic mass is 10.2. The number of halogens is 2. The average molecular weight is 300 g/mol. The molecular weight excluding hydrogens is 281 g/mol. The maximum Gasteiger partial charge on any atom is 0.128 e. The van der Waals surface area contributed by atoms with Gasteiger partial charge in [-0.05, 0) is 43.9 Å². The zero-order valence-electron chi connectivity index (χ0n) is 10.3. The Kier molecular flexibility index (Phi) is 4.57. The molecule has 0 saturated heterocycles. The summed E-state index contributed by atoms with van der Waals surface area (Å²) in [5, 5.41) is 0. The highest BCUT2D eigenvalue weighted by Gasteiger charge is 2.24. The Bertz CT molecular complexity index is 376. The molecule has 3 heteroatoms. The van der Waals surface area contributed by atoms with Gasteiger partial charge in [0.2, 0.25) is 0 Å². The minimum absolute atomic E-state index is 0.101. The number of nitrogens with zero attached hydrogens (tertiary/aromatic N) is 1.